The average Bonchev–Trinajstić information content (AvgIpc) is 3.13. The summed E-state index contributed by atoms with van der Waals surface area (Å²) >= 11 is 0. The van der Waals surface area contributed by atoms with Crippen LogP contribution in [0.2, 0.25) is 0 Å². The largest absolute Gasteiger partial charge is 0.350 e. The molecule has 1 aliphatic heterocycles. The highest BCUT2D eigenvalue weighted by molar-refractivity contribution is 5.92. The van der Waals surface area contributed by atoms with Crippen LogP contribution in [0.15, 0.2) is 10.9 Å². The highest BCUT2D eigenvalue weighted by atomic mass is 16.2. The standard InChI is InChI=1S/C20H32N4O2/c1-20(2,3)17-11-16(22-19(26)23-17)18(25)21-12-14-7-6-10-24(13-14)15-8-4-5-9-15/h11,14-15H,4-10,12-13H2,1-3H3,(H,21,25)(H,22,23,26)/t14-/m0/s1. The lowest BCUT2D eigenvalue weighted by Gasteiger charge is -2.36. The Morgan fingerprint density at radius 1 is 1.27 bits per heavy atom. The lowest BCUT2D eigenvalue weighted by molar-refractivity contribution is 0.0908. The molecule has 1 aliphatic carbocycles. The maximum absolute atomic E-state index is 12.5. The summed E-state index contributed by atoms with van der Waals surface area (Å²) in [5.41, 5.74) is 0.241. The third kappa shape index (κ3) is 4.72. The molecule has 1 aromatic rings. The lowest BCUT2D eigenvalue weighted by Crippen LogP contribution is -2.45. The fraction of sp³-hybridized carbons (Fsp3) is 0.750. The Bertz CT molecular complexity index is 686. The van der Waals surface area contributed by atoms with Crippen molar-refractivity contribution in [1.29, 1.82) is 0 Å². The molecule has 0 unspecified atom stereocenters. The van der Waals surface area contributed by atoms with Gasteiger partial charge < -0.3 is 15.2 Å². The van der Waals surface area contributed by atoms with Crippen LogP contribution in [0.3, 0.4) is 0 Å². The van der Waals surface area contributed by atoms with Crippen molar-refractivity contribution in [1.82, 2.24) is 20.2 Å². The first kappa shape index (κ1) is 19.1. The molecule has 1 saturated heterocycles. The number of likely N-dealkylation sites (tertiary alicyclic amines) is 1. The van der Waals surface area contributed by atoms with Gasteiger partial charge in [-0.05, 0) is 44.2 Å². The topological polar surface area (TPSA) is 78.1 Å². The number of piperidine rings is 1. The number of aromatic nitrogens is 2. The number of H-pyrrole nitrogens is 1. The van der Waals surface area contributed by atoms with E-state index in [1.807, 2.05) is 20.8 Å². The van der Waals surface area contributed by atoms with E-state index < -0.39 is 5.69 Å². The number of carbonyl (C=O) groups excluding carboxylic acids is 1. The minimum Gasteiger partial charge on any atom is -0.350 e. The quantitative estimate of drug-likeness (QED) is 0.864. The van der Waals surface area contributed by atoms with Crippen LogP contribution in [0.1, 0.15) is 75.5 Å². The third-order valence-corrected chi connectivity index (χ3v) is 5.73. The monoisotopic (exact) mass is 360 g/mol. The van der Waals surface area contributed by atoms with E-state index in [4.69, 9.17) is 0 Å². The van der Waals surface area contributed by atoms with Gasteiger partial charge in [-0.25, -0.2) is 4.79 Å². The molecule has 0 spiro atoms. The number of nitrogens with zero attached hydrogens (tertiary/aromatic N) is 2. The molecule has 0 bridgehead atoms. The van der Waals surface area contributed by atoms with Crippen LogP contribution in [0.4, 0.5) is 0 Å². The molecule has 6 nitrogen and oxygen atoms in total. The summed E-state index contributed by atoms with van der Waals surface area (Å²) in [5.74, 6) is 0.233. The summed E-state index contributed by atoms with van der Waals surface area (Å²) in [7, 11) is 0. The molecule has 0 radical (unpaired) electrons. The predicted octanol–water partition coefficient (Wildman–Crippen LogP) is 2.45. The molecule has 144 valence electrons. The summed E-state index contributed by atoms with van der Waals surface area (Å²) in [6.07, 6.45) is 7.71. The first-order valence-electron chi connectivity index (χ1n) is 9.97. The van der Waals surface area contributed by atoms with Crippen molar-refractivity contribution < 1.29 is 4.79 Å². The van der Waals surface area contributed by atoms with E-state index in [-0.39, 0.29) is 17.0 Å². The Balaban J connectivity index is 1.58. The molecule has 2 N–H and O–H groups in total. The van der Waals surface area contributed by atoms with Crippen molar-refractivity contribution in [3.63, 3.8) is 0 Å². The first-order chi connectivity index (χ1) is 12.3. The third-order valence-electron chi connectivity index (χ3n) is 5.73. The van der Waals surface area contributed by atoms with Gasteiger partial charge in [-0.2, -0.15) is 4.98 Å². The minimum absolute atomic E-state index is 0.210. The fourth-order valence-electron chi connectivity index (χ4n) is 4.17. The molecule has 3 rings (SSSR count). The van der Waals surface area contributed by atoms with E-state index >= 15 is 0 Å². The molecule has 2 fully saturated rings. The summed E-state index contributed by atoms with van der Waals surface area (Å²) < 4.78 is 0. The maximum Gasteiger partial charge on any atom is 0.345 e. The second-order valence-electron chi connectivity index (χ2n) is 8.89. The molecule has 1 atom stereocenters. The zero-order valence-corrected chi connectivity index (χ0v) is 16.3. The van der Waals surface area contributed by atoms with E-state index in [2.05, 4.69) is 20.2 Å². The Kier molecular flexibility index (Phi) is 5.80. The van der Waals surface area contributed by atoms with Gasteiger partial charge in [0.2, 0.25) is 0 Å². The zero-order chi connectivity index (χ0) is 18.7. The van der Waals surface area contributed by atoms with E-state index in [1.54, 1.807) is 6.07 Å². The normalized spacial score (nSPS) is 22.5. The molecule has 2 heterocycles. The number of hydrogen-bond donors (Lipinski definition) is 2. The van der Waals surface area contributed by atoms with Gasteiger partial charge in [-0.15, -0.1) is 0 Å². The summed E-state index contributed by atoms with van der Waals surface area (Å²) in [5, 5.41) is 3.00. The van der Waals surface area contributed by atoms with Crippen LogP contribution in [-0.4, -0.2) is 46.5 Å². The smallest absolute Gasteiger partial charge is 0.345 e. The maximum atomic E-state index is 12.5. The lowest BCUT2D eigenvalue weighted by atomic mass is 9.91. The highest BCUT2D eigenvalue weighted by Crippen LogP contribution is 2.27. The van der Waals surface area contributed by atoms with E-state index in [9.17, 15) is 9.59 Å². The Morgan fingerprint density at radius 2 is 2.00 bits per heavy atom. The van der Waals surface area contributed by atoms with Crippen molar-refractivity contribution in [3.05, 3.63) is 27.9 Å². The first-order valence-corrected chi connectivity index (χ1v) is 9.97. The number of nitrogens with one attached hydrogen (secondary N) is 2. The summed E-state index contributed by atoms with van der Waals surface area (Å²) in [4.78, 5) is 33.5. The van der Waals surface area contributed by atoms with Crippen molar-refractivity contribution in [2.75, 3.05) is 19.6 Å². The van der Waals surface area contributed by atoms with Gasteiger partial charge in [0.25, 0.3) is 5.91 Å². The second-order valence-corrected chi connectivity index (χ2v) is 8.89. The molecular formula is C20H32N4O2. The van der Waals surface area contributed by atoms with Crippen molar-refractivity contribution in [2.24, 2.45) is 5.92 Å². The summed E-state index contributed by atoms with van der Waals surface area (Å²) in [6.45, 7) is 8.92. The van der Waals surface area contributed by atoms with Crippen LogP contribution in [-0.2, 0) is 5.41 Å². The van der Waals surface area contributed by atoms with Crippen LogP contribution < -0.4 is 11.0 Å². The van der Waals surface area contributed by atoms with Gasteiger partial charge in [0.1, 0.15) is 5.69 Å². The number of amides is 1. The van der Waals surface area contributed by atoms with E-state index in [0.29, 0.717) is 12.5 Å². The SMILES string of the molecule is CC(C)(C)c1cc(C(=O)NC[C@@H]2CCCN(C3CCCC3)C2)nc(=O)[nH]1. The van der Waals surface area contributed by atoms with Crippen molar-refractivity contribution >= 4 is 5.91 Å². The number of rotatable bonds is 4. The van der Waals surface area contributed by atoms with E-state index in [0.717, 1.165) is 24.7 Å². The fourth-order valence-corrected chi connectivity index (χ4v) is 4.17. The second kappa shape index (κ2) is 7.91. The van der Waals surface area contributed by atoms with Crippen molar-refractivity contribution in [2.45, 2.75) is 70.8 Å². The van der Waals surface area contributed by atoms with Gasteiger partial charge in [-0.1, -0.05) is 33.6 Å². The summed E-state index contributed by atoms with van der Waals surface area (Å²) in [6, 6.07) is 2.44. The molecular weight excluding hydrogens is 328 g/mol. The van der Waals surface area contributed by atoms with Crippen LogP contribution in [0.5, 0.6) is 0 Å². The number of aromatic amines is 1. The molecule has 0 aromatic carbocycles. The zero-order valence-electron chi connectivity index (χ0n) is 16.3. The average molecular weight is 361 g/mol. The highest BCUT2D eigenvalue weighted by Gasteiger charge is 2.28. The van der Waals surface area contributed by atoms with Gasteiger partial charge >= 0.3 is 5.69 Å². The van der Waals surface area contributed by atoms with Crippen LogP contribution in [0, 0.1) is 5.92 Å². The molecule has 26 heavy (non-hydrogen) atoms. The molecule has 2 aliphatic rings. The minimum atomic E-state index is -0.465. The Morgan fingerprint density at radius 3 is 2.69 bits per heavy atom. The van der Waals surface area contributed by atoms with Crippen LogP contribution in [0.25, 0.3) is 0 Å². The van der Waals surface area contributed by atoms with Gasteiger partial charge in [0, 0.05) is 30.2 Å². The van der Waals surface area contributed by atoms with Gasteiger partial charge in [-0.3, -0.25) is 4.79 Å². The van der Waals surface area contributed by atoms with Gasteiger partial charge in [0.15, 0.2) is 0 Å². The van der Waals surface area contributed by atoms with Gasteiger partial charge in [0.05, 0.1) is 0 Å². The van der Waals surface area contributed by atoms with Crippen molar-refractivity contribution in [3.8, 4) is 0 Å². The molecule has 1 aromatic heterocycles. The predicted molar refractivity (Wildman–Crippen MR) is 102 cm³/mol. The molecule has 1 amide bonds. The van der Waals surface area contributed by atoms with E-state index in [1.165, 1.54) is 38.6 Å². The Hall–Kier alpha value is -1.69. The molecule has 6 heteroatoms. The Labute approximate surface area is 155 Å². The number of carbonyl (C=O) groups is 1. The van der Waals surface area contributed by atoms with Crippen LogP contribution >= 0.6 is 0 Å². The number of hydrogen-bond acceptors (Lipinski definition) is 4. The molecule has 1 saturated carbocycles.